The molecule has 6 nitrogen and oxygen atoms in total. The highest BCUT2D eigenvalue weighted by atomic mass is 16.6. The quantitative estimate of drug-likeness (QED) is 0.818. The number of fused-ring (bicyclic) bond motifs is 3. The minimum Gasteiger partial charge on any atom is -0.487 e. The maximum absolute atomic E-state index is 12.1. The number of ether oxygens (including phenoxy) is 2. The van der Waals surface area contributed by atoms with Crippen LogP contribution in [0.2, 0.25) is 0 Å². The first-order valence-corrected chi connectivity index (χ1v) is 9.04. The Bertz CT molecular complexity index is 619. The molecular formula is C19H28N2O4. The summed E-state index contributed by atoms with van der Waals surface area (Å²) in [6, 6.07) is 6.16. The van der Waals surface area contributed by atoms with E-state index >= 15 is 0 Å². The van der Waals surface area contributed by atoms with Crippen LogP contribution in [0, 0.1) is 0 Å². The highest BCUT2D eigenvalue weighted by Gasteiger charge is 2.46. The number of amides is 1. The summed E-state index contributed by atoms with van der Waals surface area (Å²) in [6.45, 7) is 2.60. The van der Waals surface area contributed by atoms with Gasteiger partial charge >= 0.3 is 0 Å². The van der Waals surface area contributed by atoms with Crippen molar-refractivity contribution in [3.8, 4) is 5.75 Å². The zero-order valence-electron chi connectivity index (χ0n) is 15.2. The summed E-state index contributed by atoms with van der Waals surface area (Å²) in [5, 5.41) is 12.6. The second kappa shape index (κ2) is 7.62. The Morgan fingerprint density at radius 2 is 2.20 bits per heavy atom. The molecule has 1 aromatic rings. The van der Waals surface area contributed by atoms with E-state index in [1.165, 1.54) is 0 Å². The Morgan fingerprint density at radius 1 is 1.40 bits per heavy atom. The number of benzene rings is 1. The molecule has 138 valence electrons. The standard InChI is InChI=1S/C19H28N2O4/c1-4-7-20-18(23)10-13-9-15-14-8-12(21(2)3)5-6-16(14)25-19(15)17(11-22)24-13/h5-6,8,13,15,17,19,22H,4,7,9-11H2,1-3H3,(H,20,23)/t13-,15+,17-,19-/m1/s1. The van der Waals surface area contributed by atoms with Crippen LogP contribution < -0.4 is 15.0 Å². The van der Waals surface area contributed by atoms with Crippen LogP contribution in [0.3, 0.4) is 0 Å². The molecule has 1 saturated heterocycles. The Hall–Kier alpha value is -1.79. The minimum atomic E-state index is -0.405. The van der Waals surface area contributed by atoms with Gasteiger partial charge in [-0.1, -0.05) is 6.92 Å². The molecule has 3 rings (SSSR count). The third-order valence-electron chi connectivity index (χ3n) is 4.98. The normalized spacial score (nSPS) is 27.2. The van der Waals surface area contributed by atoms with Crippen LogP contribution in [0.25, 0.3) is 0 Å². The van der Waals surface area contributed by atoms with Crippen LogP contribution in [0.15, 0.2) is 18.2 Å². The van der Waals surface area contributed by atoms with Gasteiger partial charge in [-0.05, 0) is 31.0 Å². The first kappa shape index (κ1) is 18.0. The third-order valence-corrected chi connectivity index (χ3v) is 4.98. The van der Waals surface area contributed by atoms with Crippen molar-refractivity contribution in [1.29, 1.82) is 0 Å². The zero-order chi connectivity index (χ0) is 18.0. The summed E-state index contributed by atoms with van der Waals surface area (Å²) in [5.41, 5.74) is 2.27. The molecule has 2 aliphatic heterocycles. The summed E-state index contributed by atoms with van der Waals surface area (Å²) in [4.78, 5) is 14.1. The van der Waals surface area contributed by atoms with E-state index in [1.54, 1.807) is 0 Å². The first-order valence-electron chi connectivity index (χ1n) is 9.04. The van der Waals surface area contributed by atoms with Crippen molar-refractivity contribution in [2.45, 2.75) is 50.4 Å². The molecule has 0 aromatic heterocycles. The van der Waals surface area contributed by atoms with E-state index in [9.17, 15) is 9.90 Å². The Kier molecular flexibility index (Phi) is 5.49. The van der Waals surface area contributed by atoms with Crippen LogP contribution in [0.1, 0.15) is 37.7 Å². The molecule has 2 heterocycles. The highest BCUT2D eigenvalue weighted by Crippen LogP contribution is 2.47. The van der Waals surface area contributed by atoms with Gasteiger partial charge in [-0.3, -0.25) is 4.79 Å². The summed E-state index contributed by atoms with van der Waals surface area (Å²) in [6.07, 6.45) is 1.17. The number of hydrogen-bond acceptors (Lipinski definition) is 5. The number of nitrogens with zero attached hydrogens (tertiary/aromatic N) is 1. The smallest absolute Gasteiger partial charge is 0.222 e. The van der Waals surface area contributed by atoms with E-state index in [0.29, 0.717) is 13.0 Å². The van der Waals surface area contributed by atoms with Gasteiger partial charge in [0.05, 0.1) is 19.1 Å². The summed E-state index contributed by atoms with van der Waals surface area (Å²) < 4.78 is 12.0. The lowest BCUT2D eigenvalue weighted by atomic mass is 9.84. The Morgan fingerprint density at radius 3 is 2.88 bits per heavy atom. The van der Waals surface area contributed by atoms with Gasteiger partial charge in [0.15, 0.2) is 0 Å². The third kappa shape index (κ3) is 3.75. The predicted octanol–water partition coefficient (Wildman–Crippen LogP) is 1.66. The predicted molar refractivity (Wildman–Crippen MR) is 96.2 cm³/mol. The van der Waals surface area contributed by atoms with Gasteiger partial charge in [0.25, 0.3) is 0 Å². The molecule has 1 aromatic carbocycles. The number of aliphatic hydroxyl groups is 1. The first-order chi connectivity index (χ1) is 12.0. The van der Waals surface area contributed by atoms with Gasteiger partial charge in [0.1, 0.15) is 18.0 Å². The van der Waals surface area contributed by atoms with E-state index in [1.807, 2.05) is 33.2 Å². The van der Waals surface area contributed by atoms with Crippen LogP contribution in [-0.4, -0.2) is 56.6 Å². The molecule has 6 heteroatoms. The molecule has 1 fully saturated rings. The summed E-state index contributed by atoms with van der Waals surface area (Å²) >= 11 is 0. The van der Waals surface area contributed by atoms with Crippen molar-refractivity contribution in [3.05, 3.63) is 23.8 Å². The Balaban J connectivity index is 1.77. The molecular weight excluding hydrogens is 320 g/mol. The van der Waals surface area contributed by atoms with Gasteiger partial charge in [0.2, 0.25) is 5.91 Å². The second-order valence-electron chi connectivity index (χ2n) is 7.07. The molecule has 0 aliphatic carbocycles. The van der Waals surface area contributed by atoms with Crippen LogP contribution in [0.5, 0.6) is 5.75 Å². The monoisotopic (exact) mass is 348 g/mol. The lowest BCUT2D eigenvalue weighted by Crippen LogP contribution is -2.47. The number of aliphatic hydroxyl groups excluding tert-OH is 1. The molecule has 0 bridgehead atoms. The van der Waals surface area contributed by atoms with Gasteiger partial charge in [-0.15, -0.1) is 0 Å². The van der Waals surface area contributed by atoms with Crippen molar-refractivity contribution >= 4 is 11.6 Å². The molecule has 0 unspecified atom stereocenters. The maximum Gasteiger partial charge on any atom is 0.222 e. The van der Waals surface area contributed by atoms with Gasteiger partial charge in [-0.2, -0.15) is 0 Å². The summed E-state index contributed by atoms with van der Waals surface area (Å²) in [5.74, 6) is 1.01. The molecule has 0 radical (unpaired) electrons. The van der Waals surface area contributed by atoms with Crippen molar-refractivity contribution in [3.63, 3.8) is 0 Å². The molecule has 2 aliphatic rings. The Labute approximate surface area is 149 Å². The number of carbonyl (C=O) groups excluding carboxylic acids is 1. The molecule has 1 amide bonds. The highest BCUT2D eigenvalue weighted by molar-refractivity contribution is 5.76. The average molecular weight is 348 g/mol. The molecule has 2 N–H and O–H groups in total. The van der Waals surface area contributed by atoms with Gasteiger partial charge in [-0.25, -0.2) is 0 Å². The zero-order valence-corrected chi connectivity index (χ0v) is 15.2. The van der Waals surface area contributed by atoms with E-state index < -0.39 is 6.10 Å². The van der Waals surface area contributed by atoms with Crippen molar-refractivity contribution in [2.24, 2.45) is 0 Å². The van der Waals surface area contributed by atoms with Gasteiger partial charge < -0.3 is 24.8 Å². The lowest BCUT2D eigenvalue weighted by molar-refractivity contribution is -0.142. The van der Waals surface area contributed by atoms with E-state index in [2.05, 4.69) is 16.3 Å². The SMILES string of the molecule is CCCNC(=O)C[C@H]1C[C@H]2c3cc(N(C)C)ccc3O[C@H]2[C@@H](CO)O1. The molecule has 4 atom stereocenters. The fourth-order valence-electron chi connectivity index (χ4n) is 3.70. The summed E-state index contributed by atoms with van der Waals surface area (Å²) in [7, 11) is 4.02. The largest absolute Gasteiger partial charge is 0.487 e. The van der Waals surface area contributed by atoms with Crippen LogP contribution in [-0.2, 0) is 9.53 Å². The van der Waals surface area contributed by atoms with Crippen molar-refractivity contribution in [2.75, 3.05) is 32.1 Å². The molecule has 0 spiro atoms. The fourth-order valence-corrected chi connectivity index (χ4v) is 3.70. The topological polar surface area (TPSA) is 71.0 Å². The number of hydrogen-bond donors (Lipinski definition) is 2. The van der Waals surface area contributed by atoms with E-state index in [-0.39, 0.29) is 30.6 Å². The van der Waals surface area contributed by atoms with Gasteiger partial charge in [0, 0.05) is 37.8 Å². The molecule has 0 saturated carbocycles. The van der Waals surface area contributed by atoms with E-state index in [4.69, 9.17) is 9.47 Å². The number of nitrogens with one attached hydrogen (secondary N) is 1. The van der Waals surface area contributed by atoms with E-state index in [0.717, 1.165) is 29.8 Å². The number of anilines is 1. The number of rotatable bonds is 6. The maximum atomic E-state index is 12.1. The average Bonchev–Trinajstić information content (AvgIpc) is 2.97. The minimum absolute atomic E-state index is 0.00294. The number of carbonyl (C=O) groups is 1. The lowest BCUT2D eigenvalue weighted by Gasteiger charge is -2.37. The molecule has 25 heavy (non-hydrogen) atoms. The fraction of sp³-hybridized carbons (Fsp3) is 0.632. The van der Waals surface area contributed by atoms with Crippen molar-refractivity contribution < 1.29 is 19.4 Å². The van der Waals surface area contributed by atoms with Crippen molar-refractivity contribution in [1.82, 2.24) is 5.32 Å². The van der Waals surface area contributed by atoms with Crippen LogP contribution in [0.4, 0.5) is 5.69 Å². The van der Waals surface area contributed by atoms with Crippen LogP contribution >= 0.6 is 0 Å². The second-order valence-corrected chi connectivity index (χ2v) is 7.07.